The molecular weight excluding hydrogens is 348 g/mol. The van der Waals surface area contributed by atoms with E-state index in [1.165, 1.54) is 18.3 Å². The molecule has 0 saturated carbocycles. The predicted molar refractivity (Wildman–Crippen MR) is 93.4 cm³/mol. The van der Waals surface area contributed by atoms with Crippen molar-refractivity contribution in [2.24, 2.45) is 5.92 Å². The molecule has 0 spiro atoms. The minimum atomic E-state index is -0.962. The van der Waals surface area contributed by atoms with E-state index in [0.717, 1.165) is 29.8 Å². The number of benzene rings is 1. The van der Waals surface area contributed by atoms with E-state index in [0.29, 0.717) is 6.42 Å². The first-order valence-electron chi connectivity index (χ1n) is 7.22. The van der Waals surface area contributed by atoms with Crippen molar-refractivity contribution >= 4 is 34.4 Å². The number of nitrogens with zero attached hydrogens (tertiary/aromatic N) is 1. The van der Waals surface area contributed by atoms with Gasteiger partial charge in [0.05, 0.1) is 5.56 Å². The number of anilines is 2. The lowest BCUT2D eigenvalue weighted by molar-refractivity contribution is -0.109. The Bertz CT molecular complexity index is 805. The molecule has 8 heteroatoms. The highest BCUT2D eigenvalue weighted by Crippen LogP contribution is 2.29. The van der Waals surface area contributed by atoms with Gasteiger partial charge in [0.2, 0.25) is 5.78 Å². The van der Waals surface area contributed by atoms with Gasteiger partial charge < -0.3 is 15.8 Å². The van der Waals surface area contributed by atoms with Crippen LogP contribution >= 0.6 is 11.3 Å². The molecule has 0 bridgehead atoms. The maximum absolute atomic E-state index is 13.7. The first kappa shape index (κ1) is 18.5. The molecule has 2 rings (SSSR count). The zero-order valence-electron chi connectivity index (χ0n) is 13.0. The van der Waals surface area contributed by atoms with Gasteiger partial charge in [0, 0.05) is 5.92 Å². The first-order chi connectivity index (χ1) is 12.0. The van der Waals surface area contributed by atoms with Gasteiger partial charge in [-0.15, -0.1) is 6.58 Å². The predicted octanol–water partition coefficient (Wildman–Crippen LogP) is 3.55. The fourth-order valence-corrected chi connectivity index (χ4v) is 2.76. The highest BCUT2D eigenvalue weighted by Gasteiger charge is 2.23. The number of rotatable bonds is 8. The van der Waals surface area contributed by atoms with Gasteiger partial charge in [0.15, 0.2) is 5.13 Å². The highest BCUT2D eigenvalue weighted by atomic mass is 32.1. The van der Waals surface area contributed by atoms with E-state index in [-0.39, 0.29) is 21.7 Å². The summed E-state index contributed by atoms with van der Waals surface area (Å²) in [5, 5.41) is 3.09. The van der Waals surface area contributed by atoms with Crippen molar-refractivity contribution in [3.05, 3.63) is 65.2 Å². The largest absolute Gasteiger partial charge is 0.382 e. The molecule has 1 unspecified atom stereocenters. The third-order valence-electron chi connectivity index (χ3n) is 3.26. The summed E-state index contributed by atoms with van der Waals surface area (Å²) in [6, 6.07) is 3.17. The Morgan fingerprint density at radius 1 is 1.40 bits per heavy atom. The van der Waals surface area contributed by atoms with Gasteiger partial charge >= 0.3 is 0 Å². The normalized spacial score (nSPS) is 12.1. The van der Waals surface area contributed by atoms with Crippen LogP contribution in [0.25, 0.3) is 0 Å². The van der Waals surface area contributed by atoms with E-state index in [4.69, 9.17) is 5.73 Å². The molecule has 1 heterocycles. The lowest BCUT2D eigenvalue weighted by Gasteiger charge is -2.02. The van der Waals surface area contributed by atoms with E-state index in [1.54, 1.807) is 6.08 Å². The summed E-state index contributed by atoms with van der Waals surface area (Å²) in [6.07, 6.45) is 5.98. The number of aromatic nitrogens is 1. The van der Waals surface area contributed by atoms with Crippen LogP contribution < -0.4 is 11.1 Å². The molecule has 0 aliphatic carbocycles. The van der Waals surface area contributed by atoms with Gasteiger partial charge in [0.25, 0.3) is 0 Å². The van der Waals surface area contributed by atoms with Crippen molar-refractivity contribution in [2.75, 3.05) is 11.1 Å². The van der Waals surface area contributed by atoms with Crippen LogP contribution in [0.15, 0.2) is 43.1 Å². The monoisotopic (exact) mass is 363 g/mol. The summed E-state index contributed by atoms with van der Waals surface area (Å²) in [5.74, 6) is -3.20. The van der Waals surface area contributed by atoms with Crippen LogP contribution in [0.5, 0.6) is 0 Å². The summed E-state index contributed by atoms with van der Waals surface area (Å²) >= 11 is 0.879. The fraction of sp³-hybridized carbons (Fsp3) is 0.118. The minimum Gasteiger partial charge on any atom is -0.382 e. The Kier molecular flexibility index (Phi) is 6.13. The minimum absolute atomic E-state index is 0.0586. The van der Waals surface area contributed by atoms with Gasteiger partial charge in [-0.1, -0.05) is 29.6 Å². The smallest absolute Gasteiger partial charge is 0.212 e. The summed E-state index contributed by atoms with van der Waals surface area (Å²) < 4.78 is 27.5. The lowest BCUT2D eigenvalue weighted by Crippen LogP contribution is -2.07. The first-order valence-corrected chi connectivity index (χ1v) is 8.04. The van der Waals surface area contributed by atoms with Crippen molar-refractivity contribution < 1.29 is 18.4 Å². The topological polar surface area (TPSA) is 85.1 Å². The molecule has 0 saturated heterocycles. The average molecular weight is 363 g/mol. The number of carbonyl (C=O) groups excluding carboxylic acids is 2. The van der Waals surface area contributed by atoms with Crippen molar-refractivity contribution in [2.45, 2.75) is 6.42 Å². The summed E-state index contributed by atoms with van der Waals surface area (Å²) in [4.78, 5) is 26.9. The van der Waals surface area contributed by atoms with Crippen LogP contribution in [0.3, 0.4) is 0 Å². The van der Waals surface area contributed by atoms with E-state index < -0.39 is 23.0 Å². The van der Waals surface area contributed by atoms with Crippen molar-refractivity contribution in [1.82, 2.24) is 4.98 Å². The fourth-order valence-electron chi connectivity index (χ4n) is 1.95. The summed E-state index contributed by atoms with van der Waals surface area (Å²) in [6.45, 7) is 3.53. The Balaban J connectivity index is 2.14. The molecule has 3 N–H and O–H groups in total. The van der Waals surface area contributed by atoms with Gasteiger partial charge in [-0.2, -0.15) is 0 Å². The standard InChI is InChI=1S/C17H15F2N3O2S/c1-2-10(9-23)5-4-8-21-17-22-16(20)15(25-17)14(24)13-11(18)6-3-7-12(13)19/h2-4,6-10H,1,5,20H2,(H,21,22)/b8-4+. The number of aldehydes is 1. The number of allylic oxidation sites excluding steroid dienone is 2. The van der Waals surface area contributed by atoms with Gasteiger partial charge in [0.1, 0.15) is 28.6 Å². The molecule has 0 aliphatic heterocycles. The molecule has 25 heavy (non-hydrogen) atoms. The molecule has 1 aromatic carbocycles. The summed E-state index contributed by atoms with van der Waals surface area (Å²) in [7, 11) is 0. The molecule has 0 radical (unpaired) electrons. The number of nitrogen functional groups attached to an aromatic ring is 1. The van der Waals surface area contributed by atoms with Gasteiger partial charge in [-0.25, -0.2) is 13.8 Å². The molecule has 1 atom stereocenters. The van der Waals surface area contributed by atoms with Gasteiger partial charge in [-0.05, 0) is 24.8 Å². The van der Waals surface area contributed by atoms with Crippen LogP contribution in [-0.2, 0) is 4.79 Å². The Labute approximate surface area is 146 Å². The van der Waals surface area contributed by atoms with E-state index in [1.807, 2.05) is 0 Å². The van der Waals surface area contributed by atoms with E-state index >= 15 is 0 Å². The number of hydrogen-bond donors (Lipinski definition) is 2. The Hall–Kier alpha value is -2.87. The second-order valence-electron chi connectivity index (χ2n) is 4.98. The molecule has 2 aromatic rings. The maximum Gasteiger partial charge on any atom is 0.212 e. The molecule has 1 aromatic heterocycles. The zero-order valence-corrected chi connectivity index (χ0v) is 13.9. The number of carbonyl (C=O) groups is 2. The summed E-state index contributed by atoms with van der Waals surface area (Å²) in [5.41, 5.74) is 5.02. The van der Waals surface area contributed by atoms with E-state index in [2.05, 4.69) is 16.9 Å². The number of halogens is 2. The van der Waals surface area contributed by atoms with Crippen LogP contribution in [0, 0.1) is 17.6 Å². The van der Waals surface area contributed by atoms with Crippen LogP contribution in [0.1, 0.15) is 21.7 Å². The van der Waals surface area contributed by atoms with E-state index in [9.17, 15) is 18.4 Å². The van der Waals surface area contributed by atoms with Crippen molar-refractivity contribution in [3.63, 3.8) is 0 Å². The molecule has 0 aliphatic rings. The number of hydrogen-bond acceptors (Lipinski definition) is 6. The number of ketones is 1. The third-order valence-corrected chi connectivity index (χ3v) is 4.26. The van der Waals surface area contributed by atoms with Crippen molar-refractivity contribution in [3.8, 4) is 0 Å². The SMILES string of the molecule is C=CC(C=O)C/C=C/Nc1nc(N)c(C(=O)c2c(F)cccc2F)s1. The maximum atomic E-state index is 13.7. The average Bonchev–Trinajstić information content (AvgIpc) is 2.95. The van der Waals surface area contributed by atoms with Crippen LogP contribution in [0.4, 0.5) is 19.7 Å². The van der Waals surface area contributed by atoms with Crippen LogP contribution in [0.2, 0.25) is 0 Å². The number of nitrogens with two attached hydrogens (primary N) is 1. The molecule has 0 amide bonds. The molecule has 0 fully saturated rings. The number of thiazole rings is 1. The van der Waals surface area contributed by atoms with Crippen molar-refractivity contribution in [1.29, 1.82) is 0 Å². The third kappa shape index (κ3) is 4.36. The molecule has 5 nitrogen and oxygen atoms in total. The second-order valence-corrected chi connectivity index (χ2v) is 5.98. The van der Waals surface area contributed by atoms with Gasteiger partial charge in [-0.3, -0.25) is 4.79 Å². The highest BCUT2D eigenvalue weighted by molar-refractivity contribution is 7.18. The van der Waals surface area contributed by atoms with Crippen LogP contribution in [-0.4, -0.2) is 17.1 Å². The zero-order chi connectivity index (χ0) is 18.4. The Morgan fingerprint density at radius 2 is 2.08 bits per heavy atom. The lowest BCUT2D eigenvalue weighted by atomic mass is 10.1. The quantitative estimate of drug-likeness (QED) is 0.426. The number of nitrogens with one attached hydrogen (secondary N) is 1. The Morgan fingerprint density at radius 3 is 2.68 bits per heavy atom. The second kappa shape index (κ2) is 8.29. The molecule has 130 valence electrons. The molecular formula is C17H15F2N3O2S.